The number of carbonyl (C=O) groups excluding carboxylic acids is 2. The number of ether oxygens (including phenoxy) is 1. The van der Waals surface area contributed by atoms with E-state index in [2.05, 4.69) is 4.74 Å². The molecule has 0 aromatic heterocycles. The Hall–Kier alpha value is -2.34. The van der Waals surface area contributed by atoms with Crippen LogP contribution in [0.5, 0.6) is 11.5 Å². The molecule has 2 rings (SSSR count). The molecule has 1 aliphatic heterocycles. The highest BCUT2D eigenvalue weighted by atomic mass is 16.6. The lowest BCUT2D eigenvalue weighted by Crippen LogP contribution is -2.03. The summed E-state index contributed by atoms with van der Waals surface area (Å²) in [5, 5.41) is 18.8. The van der Waals surface area contributed by atoms with Crippen molar-refractivity contribution in [2.45, 2.75) is 19.3 Å². The van der Waals surface area contributed by atoms with E-state index in [1.54, 1.807) is 0 Å². The molecule has 0 bridgehead atoms. The predicted octanol–water partition coefficient (Wildman–Crippen LogP) is 1.06. The average molecular weight is 277 g/mol. The Morgan fingerprint density at radius 3 is 2.45 bits per heavy atom. The molecular formula is C14H15NO5. The van der Waals surface area contributed by atoms with Crippen LogP contribution < -0.4 is 5.73 Å². The number of nitrogens with two attached hydrogens (primary N) is 1. The number of benzene rings is 1. The molecule has 0 unspecified atom stereocenters. The van der Waals surface area contributed by atoms with Gasteiger partial charge < -0.3 is 20.7 Å². The fourth-order valence-electron chi connectivity index (χ4n) is 2.07. The second kappa shape index (κ2) is 5.75. The van der Waals surface area contributed by atoms with E-state index in [9.17, 15) is 19.8 Å². The van der Waals surface area contributed by atoms with Crippen LogP contribution in [0, 0.1) is 0 Å². The number of hydrogen-bond acceptors (Lipinski definition) is 6. The second-order valence-electron chi connectivity index (χ2n) is 4.48. The van der Waals surface area contributed by atoms with Crippen LogP contribution in [0.25, 0.3) is 5.57 Å². The number of rotatable bonds is 5. The molecule has 20 heavy (non-hydrogen) atoms. The molecule has 1 aromatic carbocycles. The monoisotopic (exact) mass is 277 g/mol. The van der Waals surface area contributed by atoms with E-state index < -0.39 is 11.9 Å². The Morgan fingerprint density at radius 1 is 1.05 bits per heavy atom. The van der Waals surface area contributed by atoms with Gasteiger partial charge in [-0.3, -0.25) is 0 Å². The molecule has 1 aliphatic rings. The van der Waals surface area contributed by atoms with Crippen molar-refractivity contribution in [1.29, 1.82) is 0 Å². The summed E-state index contributed by atoms with van der Waals surface area (Å²) >= 11 is 0. The molecular weight excluding hydrogens is 262 g/mol. The minimum Gasteiger partial charge on any atom is -0.504 e. The molecule has 0 spiro atoms. The van der Waals surface area contributed by atoms with E-state index in [-0.39, 0.29) is 22.6 Å². The lowest BCUT2D eigenvalue weighted by atomic mass is 9.97. The molecule has 6 nitrogen and oxygen atoms in total. The van der Waals surface area contributed by atoms with Gasteiger partial charge in [-0.1, -0.05) is 6.07 Å². The van der Waals surface area contributed by atoms with Gasteiger partial charge in [-0.15, -0.1) is 0 Å². The number of esters is 2. The van der Waals surface area contributed by atoms with Crippen LogP contribution in [0.3, 0.4) is 0 Å². The topological polar surface area (TPSA) is 110 Å². The summed E-state index contributed by atoms with van der Waals surface area (Å²) < 4.78 is 4.61. The minimum absolute atomic E-state index is 0.141. The maximum atomic E-state index is 11.8. The van der Waals surface area contributed by atoms with Crippen LogP contribution in [0.15, 0.2) is 23.8 Å². The highest BCUT2D eigenvalue weighted by Gasteiger charge is 2.33. The third kappa shape index (κ3) is 2.65. The van der Waals surface area contributed by atoms with Crippen molar-refractivity contribution in [2.24, 2.45) is 5.73 Å². The zero-order valence-electron chi connectivity index (χ0n) is 10.8. The number of carbonyl (C=O) groups is 2. The molecule has 0 fully saturated rings. The summed E-state index contributed by atoms with van der Waals surface area (Å²) in [6, 6.07) is 3.94. The molecule has 0 radical (unpaired) electrons. The molecule has 0 atom stereocenters. The molecule has 1 heterocycles. The highest BCUT2D eigenvalue weighted by Crippen LogP contribution is 2.34. The zero-order valence-corrected chi connectivity index (χ0v) is 10.8. The van der Waals surface area contributed by atoms with Crippen LogP contribution >= 0.6 is 0 Å². The molecule has 0 aliphatic carbocycles. The summed E-state index contributed by atoms with van der Waals surface area (Å²) in [5.74, 6) is -2.04. The molecule has 0 saturated carbocycles. The predicted molar refractivity (Wildman–Crippen MR) is 70.7 cm³/mol. The SMILES string of the molecule is NCCCCC1=C(c2ccc(O)c(O)c2)C(=O)OC1=O. The first-order chi connectivity index (χ1) is 9.54. The Balaban J connectivity index is 2.39. The molecule has 6 heteroatoms. The fourth-order valence-corrected chi connectivity index (χ4v) is 2.07. The standard InChI is InChI=1S/C14H15NO5/c15-6-2-1-3-9-12(14(19)20-13(9)18)8-4-5-10(16)11(17)7-8/h4-5,7,16-17H,1-3,6,15H2. The van der Waals surface area contributed by atoms with Crippen molar-refractivity contribution in [3.63, 3.8) is 0 Å². The summed E-state index contributed by atoms with van der Waals surface area (Å²) in [6.45, 7) is 0.506. The van der Waals surface area contributed by atoms with Crippen LogP contribution in [0.1, 0.15) is 24.8 Å². The third-order valence-corrected chi connectivity index (χ3v) is 3.08. The van der Waals surface area contributed by atoms with Gasteiger partial charge in [0.25, 0.3) is 0 Å². The summed E-state index contributed by atoms with van der Waals surface area (Å²) in [5.41, 5.74) is 6.17. The third-order valence-electron chi connectivity index (χ3n) is 3.08. The van der Waals surface area contributed by atoms with Gasteiger partial charge in [-0.25, -0.2) is 9.59 Å². The second-order valence-corrected chi connectivity index (χ2v) is 4.48. The summed E-state index contributed by atoms with van der Waals surface area (Å²) in [4.78, 5) is 23.4. The number of phenolic OH excluding ortho intramolecular Hbond substituents is 2. The van der Waals surface area contributed by atoms with E-state index >= 15 is 0 Å². The van der Waals surface area contributed by atoms with Gasteiger partial charge in [-0.05, 0) is 43.5 Å². The number of phenols is 2. The molecule has 0 saturated heterocycles. The number of aromatic hydroxyl groups is 2. The largest absolute Gasteiger partial charge is 0.504 e. The Kier molecular flexibility index (Phi) is 4.05. The van der Waals surface area contributed by atoms with E-state index in [4.69, 9.17) is 5.73 Å². The minimum atomic E-state index is -0.733. The van der Waals surface area contributed by atoms with Gasteiger partial charge in [0.2, 0.25) is 0 Å². The summed E-state index contributed by atoms with van der Waals surface area (Å²) in [7, 11) is 0. The first-order valence-corrected chi connectivity index (χ1v) is 6.26. The van der Waals surface area contributed by atoms with Crippen LogP contribution in [0.4, 0.5) is 0 Å². The maximum absolute atomic E-state index is 11.8. The van der Waals surface area contributed by atoms with Gasteiger partial charge in [-0.2, -0.15) is 0 Å². The Bertz CT molecular complexity index is 591. The van der Waals surface area contributed by atoms with E-state index in [1.807, 2.05) is 0 Å². The van der Waals surface area contributed by atoms with Gasteiger partial charge >= 0.3 is 11.9 Å². The first-order valence-electron chi connectivity index (χ1n) is 6.26. The van der Waals surface area contributed by atoms with Crippen molar-refractivity contribution >= 4 is 17.5 Å². The van der Waals surface area contributed by atoms with Gasteiger partial charge in [0, 0.05) is 0 Å². The van der Waals surface area contributed by atoms with Crippen LogP contribution in [0.2, 0.25) is 0 Å². The van der Waals surface area contributed by atoms with E-state index in [1.165, 1.54) is 18.2 Å². The zero-order chi connectivity index (χ0) is 14.7. The van der Waals surface area contributed by atoms with Gasteiger partial charge in [0.15, 0.2) is 11.5 Å². The molecule has 4 N–H and O–H groups in total. The molecule has 106 valence electrons. The Labute approximate surface area is 115 Å². The molecule has 0 amide bonds. The highest BCUT2D eigenvalue weighted by molar-refractivity contribution is 6.30. The lowest BCUT2D eigenvalue weighted by Gasteiger charge is -2.04. The quantitative estimate of drug-likeness (QED) is 0.321. The van der Waals surface area contributed by atoms with Crippen LogP contribution in [-0.4, -0.2) is 28.7 Å². The lowest BCUT2D eigenvalue weighted by molar-refractivity contribution is -0.150. The number of hydrogen-bond donors (Lipinski definition) is 3. The summed E-state index contributed by atoms with van der Waals surface area (Å²) in [6.07, 6.45) is 1.79. The smallest absolute Gasteiger partial charge is 0.347 e. The van der Waals surface area contributed by atoms with Crippen molar-refractivity contribution in [1.82, 2.24) is 0 Å². The van der Waals surface area contributed by atoms with Crippen molar-refractivity contribution in [3.05, 3.63) is 29.3 Å². The van der Waals surface area contributed by atoms with Gasteiger partial charge in [0.05, 0.1) is 11.1 Å². The Morgan fingerprint density at radius 2 is 1.80 bits per heavy atom. The first kappa shape index (κ1) is 14.1. The molecule has 1 aromatic rings. The normalized spacial score (nSPS) is 14.8. The number of unbranched alkanes of at least 4 members (excludes halogenated alkanes) is 1. The van der Waals surface area contributed by atoms with E-state index in [0.717, 1.165) is 6.42 Å². The van der Waals surface area contributed by atoms with Gasteiger partial charge in [0.1, 0.15) is 0 Å². The van der Waals surface area contributed by atoms with E-state index in [0.29, 0.717) is 24.9 Å². The fraction of sp³-hybridized carbons (Fsp3) is 0.286. The van der Waals surface area contributed by atoms with Crippen LogP contribution in [-0.2, 0) is 14.3 Å². The maximum Gasteiger partial charge on any atom is 0.347 e. The van der Waals surface area contributed by atoms with Crippen molar-refractivity contribution < 1.29 is 24.5 Å². The average Bonchev–Trinajstić information content (AvgIpc) is 2.68. The van der Waals surface area contributed by atoms with Crippen molar-refractivity contribution in [2.75, 3.05) is 6.54 Å². The van der Waals surface area contributed by atoms with Crippen molar-refractivity contribution in [3.8, 4) is 11.5 Å². The number of cyclic esters (lactones) is 2.